The molecule has 5 nitrogen and oxygen atoms in total. The number of nitrogens with one attached hydrogen (secondary N) is 1. The molecule has 0 radical (unpaired) electrons. The summed E-state index contributed by atoms with van der Waals surface area (Å²) in [4.78, 5) is 0.0786. The third kappa shape index (κ3) is 3.34. The first-order valence-corrected chi connectivity index (χ1v) is 8.69. The van der Waals surface area contributed by atoms with Gasteiger partial charge < -0.3 is 9.30 Å². The Hall–Kier alpha value is -2.87. The zero-order chi connectivity index (χ0) is 18.0. The molecule has 0 amide bonds. The Kier molecular flexibility index (Phi) is 4.45. The molecule has 1 aromatic heterocycles. The second kappa shape index (κ2) is 6.56. The van der Waals surface area contributed by atoms with Gasteiger partial charge >= 0.3 is 0 Å². The monoisotopic (exact) mass is 364 g/mol. The van der Waals surface area contributed by atoms with Crippen molar-refractivity contribution in [2.45, 2.75) is 4.90 Å². The van der Waals surface area contributed by atoms with Gasteiger partial charge in [0, 0.05) is 18.3 Å². The zero-order valence-corrected chi connectivity index (χ0v) is 13.9. The van der Waals surface area contributed by atoms with Crippen LogP contribution in [0, 0.1) is 11.6 Å². The molecule has 0 bridgehead atoms. The van der Waals surface area contributed by atoms with Crippen molar-refractivity contribution >= 4 is 15.8 Å². The molecular weight excluding hydrogens is 350 g/mol. The Morgan fingerprint density at radius 1 is 1.00 bits per heavy atom. The minimum absolute atomic E-state index is 0.0786. The normalized spacial score (nSPS) is 11.3. The van der Waals surface area contributed by atoms with Crippen molar-refractivity contribution in [3.05, 3.63) is 72.4 Å². The van der Waals surface area contributed by atoms with Crippen molar-refractivity contribution in [1.29, 1.82) is 0 Å². The fourth-order valence-corrected chi connectivity index (χ4v) is 3.44. The third-order valence-corrected chi connectivity index (χ3v) is 4.88. The van der Waals surface area contributed by atoms with Gasteiger partial charge in [-0.1, -0.05) is 18.2 Å². The fourth-order valence-electron chi connectivity index (χ4n) is 2.37. The van der Waals surface area contributed by atoms with Crippen molar-refractivity contribution < 1.29 is 21.9 Å². The predicted octanol–water partition coefficient (Wildman–Crippen LogP) is 3.56. The lowest BCUT2D eigenvalue weighted by Crippen LogP contribution is -2.15. The summed E-state index contributed by atoms with van der Waals surface area (Å²) in [7, 11) is -2.67. The molecule has 3 aromatic rings. The molecule has 130 valence electrons. The van der Waals surface area contributed by atoms with E-state index in [-0.39, 0.29) is 16.4 Å². The van der Waals surface area contributed by atoms with Gasteiger partial charge in [-0.2, -0.15) is 0 Å². The van der Waals surface area contributed by atoms with Crippen molar-refractivity contribution in [1.82, 2.24) is 4.57 Å². The minimum Gasteiger partial charge on any atom is -0.491 e. The lowest BCUT2D eigenvalue weighted by molar-refractivity contribution is 0.359. The number of halogens is 2. The highest BCUT2D eigenvalue weighted by Gasteiger charge is 2.18. The molecule has 0 fully saturated rings. The number of nitrogens with zero attached hydrogens (tertiary/aromatic N) is 1. The average Bonchev–Trinajstić information content (AvgIpc) is 3.03. The van der Waals surface area contributed by atoms with E-state index in [1.807, 2.05) is 0 Å². The van der Waals surface area contributed by atoms with Crippen LogP contribution in [0.1, 0.15) is 0 Å². The van der Waals surface area contributed by atoms with E-state index in [0.717, 1.165) is 19.2 Å². The largest absolute Gasteiger partial charge is 0.491 e. The maximum absolute atomic E-state index is 13.9. The molecule has 0 unspecified atom stereocenters. The van der Waals surface area contributed by atoms with E-state index in [0.29, 0.717) is 0 Å². The van der Waals surface area contributed by atoms with Crippen LogP contribution in [0.5, 0.6) is 5.75 Å². The van der Waals surface area contributed by atoms with Gasteiger partial charge in [0.2, 0.25) is 0 Å². The number of ether oxygens (including phenoxy) is 1. The van der Waals surface area contributed by atoms with Crippen LogP contribution in [0.15, 0.2) is 65.7 Å². The molecule has 0 atom stereocenters. The predicted molar refractivity (Wildman–Crippen MR) is 89.5 cm³/mol. The number of hydrogen-bond acceptors (Lipinski definition) is 3. The Morgan fingerprint density at radius 3 is 2.24 bits per heavy atom. The molecular formula is C17H14F2N2O3S. The van der Waals surface area contributed by atoms with Gasteiger partial charge in [-0.3, -0.25) is 4.72 Å². The van der Waals surface area contributed by atoms with Crippen molar-refractivity contribution in [3.8, 4) is 11.4 Å². The van der Waals surface area contributed by atoms with Crippen LogP contribution in [0.25, 0.3) is 5.69 Å². The maximum Gasteiger partial charge on any atom is 0.263 e. The van der Waals surface area contributed by atoms with Gasteiger partial charge in [0.1, 0.15) is 5.82 Å². The molecule has 1 N–H and O–H groups in total. The summed E-state index contributed by atoms with van der Waals surface area (Å²) in [5.41, 5.74) is 0.117. The number of aromatic nitrogens is 1. The van der Waals surface area contributed by atoms with Crippen molar-refractivity contribution in [3.63, 3.8) is 0 Å². The van der Waals surface area contributed by atoms with E-state index in [4.69, 9.17) is 0 Å². The summed E-state index contributed by atoms with van der Waals surface area (Å²) in [6.07, 6.45) is 1.49. The second-order valence-electron chi connectivity index (χ2n) is 5.12. The SMILES string of the molecule is COc1c(F)cc(-n2cccc2NS(=O)(=O)c2ccccc2)cc1F. The van der Waals surface area contributed by atoms with Crippen molar-refractivity contribution in [2.24, 2.45) is 0 Å². The summed E-state index contributed by atoms with van der Waals surface area (Å²) < 4.78 is 61.1. The van der Waals surface area contributed by atoms with E-state index in [9.17, 15) is 17.2 Å². The van der Waals surface area contributed by atoms with E-state index in [1.54, 1.807) is 24.3 Å². The van der Waals surface area contributed by atoms with Gasteiger partial charge in [0.25, 0.3) is 10.0 Å². The fraction of sp³-hybridized carbons (Fsp3) is 0.0588. The molecule has 2 aromatic carbocycles. The standard InChI is InChI=1S/C17H14F2N2O3S/c1-24-17-14(18)10-12(11-15(17)19)21-9-5-8-16(21)20-25(22,23)13-6-3-2-4-7-13/h2-11,20H,1H3. The summed E-state index contributed by atoms with van der Waals surface area (Å²) in [6, 6.07) is 13.0. The van der Waals surface area contributed by atoms with Gasteiger partial charge in [-0.05, 0) is 24.3 Å². The molecule has 0 aliphatic carbocycles. The van der Waals surface area contributed by atoms with Gasteiger partial charge in [-0.15, -0.1) is 0 Å². The smallest absolute Gasteiger partial charge is 0.263 e. The van der Waals surface area contributed by atoms with Crippen molar-refractivity contribution in [2.75, 3.05) is 11.8 Å². The Bertz CT molecular complexity index is 979. The van der Waals surface area contributed by atoms with E-state index < -0.39 is 27.4 Å². The number of methoxy groups -OCH3 is 1. The minimum atomic E-state index is -3.83. The van der Waals surface area contributed by atoms with Crippen LogP contribution < -0.4 is 9.46 Å². The zero-order valence-electron chi connectivity index (χ0n) is 13.1. The molecule has 0 spiro atoms. The lowest BCUT2D eigenvalue weighted by atomic mass is 10.2. The summed E-state index contributed by atoms with van der Waals surface area (Å²) >= 11 is 0. The van der Waals surface area contributed by atoms with Crippen LogP contribution >= 0.6 is 0 Å². The van der Waals surface area contributed by atoms with Crippen LogP contribution in [0.4, 0.5) is 14.6 Å². The third-order valence-electron chi connectivity index (χ3n) is 3.51. The summed E-state index contributed by atoms with van der Waals surface area (Å²) in [5.74, 6) is -2.12. The lowest BCUT2D eigenvalue weighted by Gasteiger charge is -2.13. The quantitative estimate of drug-likeness (QED) is 0.753. The van der Waals surface area contributed by atoms with E-state index >= 15 is 0 Å². The van der Waals surface area contributed by atoms with Crippen LogP contribution in [0.3, 0.4) is 0 Å². The number of anilines is 1. The van der Waals surface area contributed by atoms with E-state index in [1.165, 1.54) is 29.0 Å². The number of rotatable bonds is 5. The molecule has 0 aliphatic rings. The average molecular weight is 364 g/mol. The Labute approximate surface area is 143 Å². The van der Waals surface area contributed by atoms with Crippen LogP contribution in [-0.2, 0) is 10.0 Å². The topological polar surface area (TPSA) is 60.3 Å². The Balaban J connectivity index is 2.00. The molecule has 0 saturated heterocycles. The summed E-state index contributed by atoms with van der Waals surface area (Å²) in [5, 5.41) is 0. The highest BCUT2D eigenvalue weighted by atomic mass is 32.2. The summed E-state index contributed by atoms with van der Waals surface area (Å²) in [6.45, 7) is 0. The van der Waals surface area contributed by atoms with Gasteiger partial charge in [0.15, 0.2) is 17.4 Å². The Morgan fingerprint density at radius 2 is 1.64 bits per heavy atom. The molecule has 0 aliphatic heterocycles. The number of sulfonamides is 1. The van der Waals surface area contributed by atoms with Gasteiger partial charge in [0.05, 0.1) is 17.7 Å². The molecule has 25 heavy (non-hydrogen) atoms. The molecule has 3 rings (SSSR count). The first-order valence-electron chi connectivity index (χ1n) is 7.21. The first-order chi connectivity index (χ1) is 11.9. The first kappa shape index (κ1) is 17.0. The van der Waals surface area contributed by atoms with Gasteiger partial charge in [-0.25, -0.2) is 17.2 Å². The van der Waals surface area contributed by atoms with Crippen LogP contribution in [-0.4, -0.2) is 20.1 Å². The highest BCUT2D eigenvalue weighted by molar-refractivity contribution is 7.92. The number of benzene rings is 2. The second-order valence-corrected chi connectivity index (χ2v) is 6.81. The molecule has 0 saturated carbocycles. The maximum atomic E-state index is 13.9. The molecule has 8 heteroatoms. The highest BCUT2D eigenvalue weighted by Crippen LogP contribution is 2.27. The van der Waals surface area contributed by atoms with E-state index in [2.05, 4.69) is 9.46 Å². The van der Waals surface area contributed by atoms with Crippen LogP contribution in [0.2, 0.25) is 0 Å². The number of hydrogen-bond donors (Lipinski definition) is 1. The molecule has 1 heterocycles.